The Balaban J connectivity index is 1.67. The van der Waals surface area contributed by atoms with Gasteiger partial charge in [-0.2, -0.15) is 0 Å². The molecule has 0 bridgehead atoms. The molecule has 0 aliphatic heterocycles. The molecule has 0 aliphatic carbocycles. The van der Waals surface area contributed by atoms with Crippen molar-refractivity contribution in [3.05, 3.63) is 83.3 Å². The Labute approximate surface area is 166 Å². The Morgan fingerprint density at radius 2 is 1.52 bits per heavy atom. The number of carbonyl (C=O) groups is 1. The molecular weight excluding hydrogens is 379 g/mol. The summed E-state index contributed by atoms with van der Waals surface area (Å²) < 4.78 is 40.0. The second-order valence-electron chi connectivity index (χ2n) is 7.56. The zero-order valence-electron chi connectivity index (χ0n) is 16.2. The van der Waals surface area contributed by atoms with E-state index in [-0.39, 0.29) is 11.1 Å². The first kappa shape index (κ1) is 20.4. The zero-order valence-corrected chi connectivity index (χ0v) is 16.2. The molecule has 7 heteroatoms. The molecule has 29 heavy (non-hydrogen) atoms. The number of rotatable bonds is 4. The van der Waals surface area contributed by atoms with Gasteiger partial charge in [0.1, 0.15) is 5.82 Å². The van der Waals surface area contributed by atoms with Crippen molar-refractivity contribution in [2.75, 3.05) is 10.6 Å². The van der Waals surface area contributed by atoms with E-state index in [1.807, 2.05) is 24.3 Å². The Kier molecular flexibility index (Phi) is 5.59. The van der Waals surface area contributed by atoms with Gasteiger partial charge in [0.25, 0.3) is 5.91 Å². The predicted octanol–water partition coefficient (Wildman–Crippen LogP) is 5.79. The molecule has 0 atom stereocenters. The Bertz CT molecular complexity index is 1030. The standard InChI is InChI=1S/C22H20F3N3O/c1-22(2,3)13-4-6-14(7-5-13)27-18-11-8-15(12-26-18)28-21(29)16-9-10-17(23)20(25)19(16)24/h4-12H,1-3H3,(H,26,27)(H,28,29). The van der Waals surface area contributed by atoms with Crippen LogP contribution >= 0.6 is 0 Å². The number of amides is 1. The lowest BCUT2D eigenvalue weighted by Crippen LogP contribution is -2.15. The van der Waals surface area contributed by atoms with E-state index in [9.17, 15) is 18.0 Å². The Morgan fingerprint density at radius 3 is 2.10 bits per heavy atom. The summed E-state index contributed by atoms with van der Waals surface area (Å²) in [6.07, 6.45) is 1.38. The van der Waals surface area contributed by atoms with Gasteiger partial charge in [-0.25, -0.2) is 18.2 Å². The summed E-state index contributed by atoms with van der Waals surface area (Å²) in [5, 5.41) is 5.55. The molecule has 1 aromatic heterocycles. The fourth-order valence-corrected chi connectivity index (χ4v) is 2.64. The lowest BCUT2D eigenvalue weighted by Gasteiger charge is -2.19. The first-order chi connectivity index (χ1) is 13.6. The molecule has 0 radical (unpaired) electrons. The summed E-state index contributed by atoms with van der Waals surface area (Å²) in [5.74, 6) is -4.93. The highest BCUT2D eigenvalue weighted by atomic mass is 19.2. The lowest BCUT2D eigenvalue weighted by atomic mass is 9.87. The fourth-order valence-electron chi connectivity index (χ4n) is 2.64. The molecule has 150 valence electrons. The molecule has 0 fully saturated rings. The minimum atomic E-state index is -1.69. The number of hydrogen-bond acceptors (Lipinski definition) is 3. The topological polar surface area (TPSA) is 54.0 Å². The SMILES string of the molecule is CC(C)(C)c1ccc(Nc2ccc(NC(=O)c3ccc(F)c(F)c3F)cn2)cc1. The quantitative estimate of drug-likeness (QED) is 0.546. The molecule has 2 N–H and O–H groups in total. The maximum atomic E-state index is 13.7. The molecule has 2 aromatic carbocycles. The van der Waals surface area contributed by atoms with Crippen LogP contribution in [0.15, 0.2) is 54.7 Å². The summed E-state index contributed by atoms with van der Waals surface area (Å²) in [7, 11) is 0. The first-order valence-corrected chi connectivity index (χ1v) is 8.93. The summed E-state index contributed by atoms with van der Waals surface area (Å²) in [4.78, 5) is 16.3. The number of aromatic nitrogens is 1. The first-order valence-electron chi connectivity index (χ1n) is 8.93. The van der Waals surface area contributed by atoms with E-state index in [0.29, 0.717) is 11.9 Å². The number of carbonyl (C=O) groups excluding carboxylic acids is 1. The molecule has 0 spiro atoms. The summed E-state index contributed by atoms with van der Waals surface area (Å²) in [6.45, 7) is 6.41. The zero-order chi connectivity index (χ0) is 21.2. The average molecular weight is 399 g/mol. The van der Waals surface area contributed by atoms with Crippen molar-refractivity contribution < 1.29 is 18.0 Å². The lowest BCUT2D eigenvalue weighted by molar-refractivity contribution is 0.102. The van der Waals surface area contributed by atoms with E-state index >= 15 is 0 Å². The van der Waals surface area contributed by atoms with Crippen LogP contribution in [0.5, 0.6) is 0 Å². The van der Waals surface area contributed by atoms with Gasteiger partial charge in [-0.1, -0.05) is 32.9 Å². The van der Waals surface area contributed by atoms with Gasteiger partial charge < -0.3 is 10.6 Å². The van der Waals surface area contributed by atoms with Crippen LogP contribution in [0.25, 0.3) is 0 Å². The molecular formula is C22H20F3N3O. The summed E-state index contributed by atoms with van der Waals surface area (Å²) >= 11 is 0. The largest absolute Gasteiger partial charge is 0.340 e. The van der Waals surface area contributed by atoms with E-state index < -0.39 is 28.9 Å². The third-order valence-electron chi connectivity index (χ3n) is 4.32. The Hall–Kier alpha value is -3.35. The normalized spacial score (nSPS) is 11.2. The smallest absolute Gasteiger partial charge is 0.258 e. The number of pyridine rings is 1. The second-order valence-corrected chi connectivity index (χ2v) is 7.56. The van der Waals surface area contributed by atoms with Crippen LogP contribution in [0, 0.1) is 17.5 Å². The van der Waals surface area contributed by atoms with Crippen molar-refractivity contribution in [2.24, 2.45) is 0 Å². The van der Waals surface area contributed by atoms with Crippen LogP contribution in [-0.2, 0) is 5.41 Å². The van der Waals surface area contributed by atoms with Crippen molar-refractivity contribution in [1.82, 2.24) is 4.98 Å². The minimum absolute atomic E-state index is 0.0591. The van der Waals surface area contributed by atoms with Gasteiger partial charge in [0.05, 0.1) is 17.4 Å². The van der Waals surface area contributed by atoms with Crippen molar-refractivity contribution in [3.63, 3.8) is 0 Å². The molecule has 3 rings (SSSR count). The van der Waals surface area contributed by atoms with Gasteiger partial charge in [0.2, 0.25) is 0 Å². The maximum Gasteiger partial charge on any atom is 0.258 e. The van der Waals surface area contributed by atoms with Gasteiger partial charge in [0, 0.05) is 5.69 Å². The highest BCUT2D eigenvalue weighted by molar-refractivity contribution is 6.04. The van der Waals surface area contributed by atoms with Crippen LogP contribution in [0.1, 0.15) is 36.7 Å². The highest BCUT2D eigenvalue weighted by Gasteiger charge is 2.19. The number of anilines is 3. The minimum Gasteiger partial charge on any atom is -0.340 e. The van der Waals surface area contributed by atoms with Crippen LogP contribution < -0.4 is 10.6 Å². The molecule has 4 nitrogen and oxygen atoms in total. The summed E-state index contributed by atoms with van der Waals surface area (Å²) in [5.41, 5.74) is 1.81. The number of halogens is 3. The fraction of sp³-hybridized carbons (Fsp3) is 0.182. The van der Waals surface area contributed by atoms with E-state index in [1.165, 1.54) is 11.8 Å². The highest BCUT2D eigenvalue weighted by Crippen LogP contribution is 2.25. The van der Waals surface area contributed by atoms with Crippen molar-refractivity contribution >= 4 is 23.1 Å². The Morgan fingerprint density at radius 1 is 0.862 bits per heavy atom. The van der Waals surface area contributed by atoms with Crippen LogP contribution in [0.2, 0.25) is 0 Å². The van der Waals surface area contributed by atoms with Gasteiger partial charge in [-0.3, -0.25) is 4.79 Å². The number of benzene rings is 2. The number of hydrogen-bond donors (Lipinski definition) is 2. The number of nitrogens with one attached hydrogen (secondary N) is 2. The molecule has 0 saturated heterocycles. The third-order valence-corrected chi connectivity index (χ3v) is 4.32. The molecule has 0 saturated carbocycles. The van der Waals surface area contributed by atoms with Gasteiger partial charge >= 0.3 is 0 Å². The molecule has 0 unspecified atom stereocenters. The van der Waals surface area contributed by atoms with Crippen LogP contribution in [0.3, 0.4) is 0 Å². The van der Waals surface area contributed by atoms with Crippen molar-refractivity contribution in [3.8, 4) is 0 Å². The molecule has 3 aromatic rings. The van der Waals surface area contributed by atoms with Gasteiger partial charge in [0.15, 0.2) is 17.5 Å². The molecule has 1 heterocycles. The van der Waals surface area contributed by atoms with E-state index in [1.54, 1.807) is 12.1 Å². The summed E-state index contributed by atoms with van der Waals surface area (Å²) in [6, 6.07) is 12.7. The van der Waals surface area contributed by atoms with Crippen LogP contribution in [0.4, 0.5) is 30.4 Å². The monoisotopic (exact) mass is 399 g/mol. The number of nitrogens with zero attached hydrogens (tertiary/aromatic N) is 1. The van der Waals surface area contributed by atoms with Crippen molar-refractivity contribution in [1.29, 1.82) is 0 Å². The second kappa shape index (κ2) is 7.95. The van der Waals surface area contributed by atoms with Crippen molar-refractivity contribution in [2.45, 2.75) is 26.2 Å². The van der Waals surface area contributed by atoms with E-state index in [0.717, 1.165) is 11.8 Å². The third kappa shape index (κ3) is 4.74. The predicted molar refractivity (Wildman–Crippen MR) is 107 cm³/mol. The van der Waals surface area contributed by atoms with E-state index in [2.05, 4.69) is 36.4 Å². The molecule has 0 aliphatic rings. The van der Waals surface area contributed by atoms with E-state index in [4.69, 9.17) is 0 Å². The maximum absolute atomic E-state index is 13.7. The van der Waals surface area contributed by atoms with Crippen LogP contribution in [-0.4, -0.2) is 10.9 Å². The van der Waals surface area contributed by atoms with Gasteiger partial charge in [-0.05, 0) is 47.4 Å². The average Bonchev–Trinajstić information content (AvgIpc) is 2.67. The molecule has 1 amide bonds. The van der Waals surface area contributed by atoms with Gasteiger partial charge in [-0.15, -0.1) is 0 Å².